The maximum Gasteiger partial charge on any atom is 0.303 e. The Kier molecular flexibility index (Phi) is 10.7. The summed E-state index contributed by atoms with van der Waals surface area (Å²) in [7, 11) is 0. The smallest absolute Gasteiger partial charge is 0.303 e. The van der Waals surface area contributed by atoms with Crippen LogP contribution in [0.4, 0.5) is 0 Å². The lowest BCUT2D eigenvalue weighted by Gasteiger charge is -2.65. The largest absolute Gasteiger partial charge is 0.454 e. The molecule has 8 fully saturated rings. The Labute approximate surface area is 341 Å². The summed E-state index contributed by atoms with van der Waals surface area (Å²) in [5.41, 5.74) is -3.32. The number of rotatable bonds is 8. The van der Waals surface area contributed by atoms with Gasteiger partial charge < -0.3 is 69.3 Å². The fourth-order valence-corrected chi connectivity index (χ4v) is 15.2. The minimum atomic E-state index is -1.62. The van der Waals surface area contributed by atoms with Gasteiger partial charge in [0.1, 0.15) is 36.6 Å². The SMILES string of the molecule is CC(=O)O[C@H]1[C@H](O[C@H]2CC[C@]34CC35CC[C@]3(C)[C@@H]([C@@]6(C)CC[C@@H](C(C)(C)O)O6)[C@@H](O)C[C@@]3(C)C5C[C@H](O[C@@H]3O[C@H](CO)[C@@H](O)[C@H](O)[C@H]3O)C4C2(C)C)OC[C@@H](O)[C@@H]1O. The Morgan fingerprint density at radius 1 is 0.793 bits per heavy atom. The Hall–Kier alpha value is -1.05. The monoisotopic (exact) mass is 826 g/mol. The second kappa shape index (κ2) is 14.2. The predicted octanol–water partition coefficient (Wildman–Crippen LogP) is 1.29. The molecule has 15 heteroatoms. The maximum absolute atomic E-state index is 12.2. The van der Waals surface area contributed by atoms with E-state index in [2.05, 4.69) is 34.6 Å². The number of esters is 1. The average Bonchev–Trinajstić information content (AvgIpc) is 3.50. The summed E-state index contributed by atoms with van der Waals surface area (Å²) in [5.74, 6) is -0.931. The van der Waals surface area contributed by atoms with Crippen molar-refractivity contribution in [2.75, 3.05) is 13.2 Å². The molecule has 3 heterocycles. The first kappa shape index (κ1) is 43.6. The minimum absolute atomic E-state index is 0.0829. The van der Waals surface area contributed by atoms with Gasteiger partial charge in [0.05, 0.1) is 48.8 Å². The third kappa shape index (κ3) is 6.17. The number of hydrogen-bond acceptors (Lipinski definition) is 15. The molecule has 8 N–H and O–H groups in total. The van der Waals surface area contributed by atoms with E-state index in [-0.39, 0.29) is 52.1 Å². The van der Waals surface area contributed by atoms with Crippen LogP contribution in [0.15, 0.2) is 0 Å². The average molecular weight is 827 g/mol. The van der Waals surface area contributed by atoms with Crippen molar-refractivity contribution >= 4 is 5.97 Å². The topological polar surface area (TPSA) is 234 Å². The van der Waals surface area contributed by atoms with Crippen molar-refractivity contribution in [2.45, 2.75) is 204 Å². The van der Waals surface area contributed by atoms with E-state index in [1.807, 2.05) is 0 Å². The van der Waals surface area contributed by atoms with E-state index in [1.54, 1.807) is 13.8 Å². The van der Waals surface area contributed by atoms with Gasteiger partial charge in [0.15, 0.2) is 18.7 Å². The first-order valence-corrected chi connectivity index (χ1v) is 21.8. The molecule has 0 aromatic carbocycles. The van der Waals surface area contributed by atoms with Gasteiger partial charge in [-0.2, -0.15) is 0 Å². The van der Waals surface area contributed by atoms with Crippen LogP contribution in [0.5, 0.6) is 0 Å². The molecule has 2 spiro atoms. The van der Waals surface area contributed by atoms with Crippen LogP contribution in [0.1, 0.15) is 113 Å². The second-order valence-corrected chi connectivity index (χ2v) is 21.6. The van der Waals surface area contributed by atoms with Gasteiger partial charge in [-0.3, -0.25) is 4.79 Å². The number of carbonyl (C=O) groups excluding carboxylic acids is 1. The summed E-state index contributed by atoms with van der Waals surface area (Å²) in [6.45, 7) is 15.0. The summed E-state index contributed by atoms with van der Waals surface area (Å²) in [4.78, 5) is 12.1. The molecular formula is C43H70O15. The van der Waals surface area contributed by atoms with Gasteiger partial charge in [0.25, 0.3) is 0 Å². The lowest BCUT2D eigenvalue weighted by Crippen LogP contribution is -2.65. The van der Waals surface area contributed by atoms with Gasteiger partial charge in [-0.25, -0.2) is 0 Å². The molecule has 0 radical (unpaired) electrons. The molecule has 5 saturated carbocycles. The van der Waals surface area contributed by atoms with E-state index in [4.69, 9.17) is 28.4 Å². The van der Waals surface area contributed by atoms with Crippen molar-refractivity contribution in [3.05, 3.63) is 0 Å². The highest BCUT2D eigenvalue weighted by Crippen LogP contribution is 2.89. The number of carbonyl (C=O) groups is 1. The van der Waals surface area contributed by atoms with Crippen molar-refractivity contribution in [3.63, 3.8) is 0 Å². The highest BCUT2D eigenvalue weighted by molar-refractivity contribution is 5.66. The first-order valence-electron chi connectivity index (χ1n) is 21.8. The van der Waals surface area contributed by atoms with Crippen LogP contribution in [0.25, 0.3) is 0 Å². The zero-order valence-corrected chi connectivity index (χ0v) is 35.5. The van der Waals surface area contributed by atoms with Crippen LogP contribution in [-0.2, 0) is 33.2 Å². The summed E-state index contributed by atoms with van der Waals surface area (Å²) in [6, 6.07) is 0. The predicted molar refractivity (Wildman–Crippen MR) is 203 cm³/mol. The van der Waals surface area contributed by atoms with E-state index >= 15 is 0 Å². The highest BCUT2D eigenvalue weighted by atomic mass is 16.7. The normalized spacial score (nSPS) is 56.1. The molecule has 5 aliphatic carbocycles. The van der Waals surface area contributed by atoms with Gasteiger partial charge in [0, 0.05) is 12.8 Å². The quantitative estimate of drug-likeness (QED) is 0.127. The van der Waals surface area contributed by atoms with Gasteiger partial charge in [0.2, 0.25) is 0 Å². The first-order chi connectivity index (χ1) is 26.9. The van der Waals surface area contributed by atoms with Gasteiger partial charge in [-0.05, 0) is 117 Å². The van der Waals surface area contributed by atoms with Gasteiger partial charge in [-0.15, -0.1) is 0 Å². The van der Waals surface area contributed by atoms with Gasteiger partial charge >= 0.3 is 5.97 Å². The molecule has 0 bridgehead atoms. The van der Waals surface area contributed by atoms with Crippen LogP contribution in [0.2, 0.25) is 0 Å². The third-order valence-electron chi connectivity index (χ3n) is 17.9. The van der Waals surface area contributed by atoms with Crippen LogP contribution in [0, 0.1) is 44.8 Å². The molecule has 58 heavy (non-hydrogen) atoms. The van der Waals surface area contributed by atoms with E-state index in [0.29, 0.717) is 25.7 Å². The van der Waals surface area contributed by atoms with E-state index < -0.39 is 103 Å². The van der Waals surface area contributed by atoms with Gasteiger partial charge in [-0.1, -0.05) is 27.7 Å². The molecule has 3 unspecified atom stereocenters. The lowest BCUT2D eigenvalue weighted by molar-refractivity contribution is -0.339. The third-order valence-corrected chi connectivity index (χ3v) is 17.9. The van der Waals surface area contributed by atoms with Crippen molar-refractivity contribution < 1.29 is 74.1 Å². The number of ether oxygens (including phenoxy) is 6. The summed E-state index contributed by atoms with van der Waals surface area (Å²) in [5, 5.41) is 87.3. The standard InChI is InChI=1S/C43H70O15/c1-20(45)54-32-28(48)22(47)18-53-36(32)57-26-10-12-43-19-42(43)14-13-39(6)33(41(8)11-9-27(58-41)38(4,5)52)21(46)16-40(39,7)25(42)15-23(34(43)37(26,2)3)55-35-31(51)30(50)29(49)24(17-44)56-35/h21-36,44,46-52H,9-19H2,1-8H3/t21-,22+,23-,24+,25?,26-,27-,28-,29+,30-,31+,32+,33-,34?,35+,36-,39+,40-,41+,42?,43+/m0/s1. The second-order valence-electron chi connectivity index (χ2n) is 21.6. The van der Waals surface area contributed by atoms with Crippen LogP contribution < -0.4 is 0 Å². The van der Waals surface area contributed by atoms with E-state index in [0.717, 1.165) is 32.1 Å². The molecular weight excluding hydrogens is 756 g/mol. The number of aliphatic hydroxyl groups excluding tert-OH is 7. The molecule has 8 aliphatic rings. The van der Waals surface area contributed by atoms with Crippen molar-refractivity contribution in [2.24, 2.45) is 44.8 Å². The maximum atomic E-state index is 12.2. The minimum Gasteiger partial charge on any atom is -0.454 e. The van der Waals surface area contributed by atoms with Crippen molar-refractivity contribution in [3.8, 4) is 0 Å². The Balaban J connectivity index is 1.15. The number of aliphatic hydroxyl groups is 8. The highest BCUT2D eigenvalue weighted by Gasteiger charge is 2.85. The molecule has 0 amide bonds. The van der Waals surface area contributed by atoms with Crippen LogP contribution in [-0.4, -0.2) is 151 Å². The summed E-state index contributed by atoms with van der Waals surface area (Å²) >= 11 is 0. The van der Waals surface area contributed by atoms with Crippen LogP contribution >= 0.6 is 0 Å². The molecule has 15 nitrogen and oxygen atoms in total. The van der Waals surface area contributed by atoms with E-state index in [1.165, 1.54) is 6.92 Å². The van der Waals surface area contributed by atoms with Crippen molar-refractivity contribution in [1.29, 1.82) is 0 Å². The van der Waals surface area contributed by atoms with Crippen molar-refractivity contribution in [1.82, 2.24) is 0 Å². The lowest BCUT2D eigenvalue weighted by atomic mass is 9.41. The zero-order chi connectivity index (χ0) is 42.3. The zero-order valence-electron chi connectivity index (χ0n) is 35.5. The summed E-state index contributed by atoms with van der Waals surface area (Å²) < 4.78 is 37.8. The Bertz CT molecular complexity index is 1570. The Morgan fingerprint density at radius 2 is 1.50 bits per heavy atom. The fourth-order valence-electron chi connectivity index (χ4n) is 15.2. The van der Waals surface area contributed by atoms with Crippen LogP contribution in [0.3, 0.4) is 0 Å². The molecule has 0 aromatic heterocycles. The summed E-state index contributed by atoms with van der Waals surface area (Å²) in [6.07, 6.45) is -7.66. The van der Waals surface area contributed by atoms with E-state index in [9.17, 15) is 45.6 Å². The molecule has 332 valence electrons. The molecule has 3 saturated heterocycles. The Morgan fingerprint density at radius 3 is 2.14 bits per heavy atom. The number of fused-ring (bicyclic) bond motifs is 2. The number of hydrogen-bond donors (Lipinski definition) is 8. The fraction of sp³-hybridized carbons (Fsp3) is 0.977. The molecule has 3 aliphatic heterocycles. The molecule has 8 rings (SSSR count). The molecule has 21 atom stereocenters. The molecule has 0 aromatic rings.